The fourth-order valence-electron chi connectivity index (χ4n) is 3.02. The Morgan fingerprint density at radius 1 is 0.484 bits per heavy atom. The molecule has 168 valence electrons. The lowest BCUT2D eigenvalue weighted by Gasteiger charge is -2.19. The van der Waals surface area contributed by atoms with Crippen molar-refractivity contribution in [1.29, 1.82) is 0 Å². The van der Waals surface area contributed by atoms with Crippen LogP contribution in [0.2, 0.25) is 0 Å². The summed E-state index contributed by atoms with van der Waals surface area (Å²) in [5, 5.41) is 28.1. The van der Waals surface area contributed by atoms with E-state index in [4.69, 9.17) is 0 Å². The van der Waals surface area contributed by atoms with Gasteiger partial charge in [0.05, 0.1) is 0 Å². The van der Waals surface area contributed by atoms with Crippen molar-refractivity contribution in [3.63, 3.8) is 0 Å². The van der Waals surface area contributed by atoms with Crippen molar-refractivity contribution in [3.8, 4) is 17.2 Å². The van der Waals surface area contributed by atoms with E-state index in [0.29, 0.717) is 17.2 Å². The van der Waals surface area contributed by atoms with Gasteiger partial charge in [0.25, 0.3) is 0 Å². The van der Waals surface area contributed by atoms with E-state index in [1.165, 1.54) is 0 Å². The molecule has 0 bridgehead atoms. The third-order valence-corrected chi connectivity index (χ3v) is 4.86. The third-order valence-electron chi connectivity index (χ3n) is 4.86. The van der Waals surface area contributed by atoms with Gasteiger partial charge in [-0.1, -0.05) is 96.1 Å². The van der Waals surface area contributed by atoms with Gasteiger partial charge < -0.3 is 15.3 Å². The highest BCUT2D eigenvalue weighted by molar-refractivity contribution is 5.38. The van der Waals surface area contributed by atoms with Crippen LogP contribution in [0.3, 0.4) is 0 Å². The normalized spacial score (nSPS) is 11.0. The minimum Gasteiger partial charge on any atom is -0.508 e. The molecule has 0 saturated heterocycles. The first-order valence-electron chi connectivity index (χ1n) is 10.6. The molecule has 3 aromatic rings. The van der Waals surface area contributed by atoms with E-state index >= 15 is 0 Å². The van der Waals surface area contributed by atoms with Crippen LogP contribution in [-0.2, 0) is 10.8 Å². The number of rotatable bonds is 0. The largest absolute Gasteiger partial charge is 0.508 e. The Labute approximate surface area is 188 Å². The molecule has 3 N–H and O–H groups in total. The minimum atomic E-state index is 0.0331. The average Bonchev–Trinajstić information content (AvgIpc) is 2.66. The number of aryl methyl sites for hydroxylation is 2. The zero-order chi connectivity index (χ0) is 23.8. The van der Waals surface area contributed by atoms with Gasteiger partial charge in [0.15, 0.2) is 0 Å². The topological polar surface area (TPSA) is 60.7 Å². The predicted molar refractivity (Wildman–Crippen MR) is 131 cm³/mol. The molecule has 0 saturated carbocycles. The van der Waals surface area contributed by atoms with Crippen LogP contribution in [0.5, 0.6) is 17.2 Å². The smallest absolute Gasteiger partial charge is 0.121 e. The molecule has 0 atom stereocenters. The summed E-state index contributed by atoms with van der Waals surface area (Å²) in [4.78, 5) is 0. The molecule has 0 aromatic heterocycles. The second-order valence-corrected chi connectivity index (χ2v) is 9.77. The molecule has 0 radical (unpaired) electrons. The first kappa shape index (κ1) is 26.1. The van der Waals surface area contributed by atoms with Crippen molar-refractivity contribution in [2.24, 2.45) is 0 Å². The Hall–Kier alpha value is -2.94. The van der Waals surface area contributed by atoms with Gasteiger partial charge in [-0.3, -0.25) is 0 Å². The van der Waals surface area contributed by atoms with Gasteiger partial charge in [0.1, 0.15) is 17.2 Å². The summed E-state index contributed by atoms with van der Waals surface area (Å²) in [7, 11) is 0. The van der Waals surface area contributed by atoms with Crippen molar-refractivity contribution in [3.05, 3.63) is 89.0 Å². The molecule has 0 unspecified atom stereocenters. The van der Waals surface area contributed by atoms with Crippen molar-refractivity contribution in [2.45, 2.75) is 66.2 Å². The van der Waals surface area contributed by atoms with Crippen molar-refractivity contribution >= 4 is 0 Å². The number of hydrogen-bond acceptors (Lipinski definition) is 3. The van der Waals surface area contributed by atoms with Gasteiger partial charge in [0, 0.05) is 0 Å². The zero-order valence-electron chi connectivity index (χ0n) is 20.2. The molecule has 0 aliphatic heterocycles. The van der Waals surface area contributed by atoms with Crippen LogP contribution < -0.4 is 0 Å². The first-order valence-corrected chi connectivity index (χ1v) is 10.6. The standard InChI is InChI=1S/2C10H14O.C8H10O/c2*1-10(2,3)8-6-4-5-7-9(8)11;1-6-4-3-5-7(2)8(6)9/h2*4-7,11H,1-3H3;3-5,9H,1-2H3. The van der Waals surface area contributed by atoms with Gasteiger partial charge in [-0.05, 0) is 59.1 Å². The van der Waals surface area contributed by atoms with E-state index in [2.05, 4.69) is 41.5 Å². The van der Waals surface area contributed by atoms with E-state index in [1.807, 2.05) is 68.4 Å². The quantitative estimate of drug-likeness (QED) is 0.354. The Morgan fingerprint density at radius 3 is 1.03 bits per heavy atom. The fourth-order valence-corrected chi connectivity index (χ4v) is 3.02. The van der Waals surface area contributed by atoms with E-state index in [-0.39, 0.29) is 10.8 Å². The third kappa shape index (κ3) is 8.37. The summed E-state index contributed by atoms with van der Waals surface area (Å²) < 4.78 is 0. The van der Waals surface area contributed by atoms with E-state index < -0.39 is 0 Å². The van der Waals surface area contributed by atoms with E-state index in [0.717, 1.165) is 22.3 Å². The molecule has 31 heavy (non-hydrogen) atoms. The van der Waals surface area contributed by atoms with Crippen LogP contribution in [-0.4, -0.2) is 15.3 Å². The maximum Gasteiger partial charge on any atom is 0.121 e. The molecule has 0 aliphatic rings. The molecule has 0 aliphatic carbocycles. The lowest BCUT2D eigenvalue weighted by atomic mass is 9.86. The molecular formula is C28H38O3. The highest BCUT2D eigenvalue weighted by atomic mass is 16.3. The Kier molecular flexibility index (Phi) is 9.18. The average molecular weight is 423 g/mol. The summed E-state index contributed by atoms with van der Waals surface area (Å²) in [5.74, 6) is 1.19. The van der Waals surface area contributed by atoms with Crippen LogP contribution in [0.25, 0.3) is 0 Å². The molecule has 0 spiro atoms. The highest BCUT2D eigenvalue weighted by Gasteiger charge is 2.17. The Balaban J connectivity index is 0.000000234. The highest BCUT2D eigenvalue weighted by Crippen LogP contribution is 2.30. The number of aromatic hydroxyl groups is 3. The van der Waals surface area contributed by atoms with Gasteiger partial charge in [-0.25, -0.2) is 0 Å². The molecule has 0 fully saturated rings. The SMILES string of the molecule is CC(C)(C)c1ccccc1O.CC(C)(C)c1ccccc1O.Cc1cccc(C)c1O. The van der Waals surface area contributed by atoms with Crippen LogP contribution in [0.15, 0.2) is 66.7 Å². The number of para-hydroxylation sites is 3. The Morgan fingerprint density at radius 2 is 0.806 bits per heavy atom. The monoisotopic (exact) mass is 422 g/mol. The van der Waals surface area contributed by atoms with Crippen LogP contribution >= 0.6 is 0 Å². The van der Waals surface area contributed by atoms with Gasteiger partial charge in [-0.15, -0.1) is 0 Å². The van der Waals surface area contributed by atoms with Crippen molar-refractivity contribution < 1.29 is 15.3 Å². The number of phenolic OH excluding ortho intramolecular Hbond substituents is 3. The summed E-state index contributed by atoms with van der Waals surface area (Å²) in [6, 6.07) is 20.6. The fraction of sp³-hybridized carbons (Fsp3) is 0.357. The van der Waals surface area contributed by atoms with Gasteiger partial charge in [-0.2, -0.15) is 0 Å². The van der Waals surface area contributed by atoms with Crippen molar-refractivity contribution in [2.75, 3.05) is 0 Å². The number of benzene rings is 3. The summed E-state index contributed by atoms with van der Waals surface area (Å²) >= 11 is 0. The van der Waals surface area contributed by atoms with Crippen molar-refractivity contribution in [1.82, 2.24) is 0 Å². The van der Waals surface area contributed by atoms with E-state index in [9.17, 15) is 15.3 Å². The molecule has 3 rings (SSSR count). The Bertz CT molecular complexity index is 885. The second-order valence-electron chi connectivity index (χ2n) is 9.77. The van der Waals surface area contributed by atoms with Crippen LogP contribution in [0.1, 0.15) is 63.8 Å². The summed E-state index contributed by atoms with van der Waals surface area (Å²) in [6.45, 7) is 16.3. The first-order chi connectivity index (χ1) is 14.2. The van der Waals surface area contributed by atoms with Crippen LogP contribution in [0, 0.1) is 13.8 Å². The number of hydrogen-bond donors (Lipinski definition) is 3. The van der Waals surface area contributed by atoms with Gasteiger partial charge in [0.2, 0.25) is 0 Å². The summed E-state index contributed by atoms with van der Waals surface area (Å²) in [5.41, 5.74) is 3.95. The maximum atomic E-state index is 9.45. The molecule has 0 amide bonds. The number of phenols is 3. The molecule has 3 aromatic carbocycles. The second kappa shape index (κ2) is 10.9. The van der Waals surface area contributed by atoms with E-state index in [1.54, 1.807) is 12.1 Å². The molecule has 0 heterocycles. The molecular weight excluding hydrogens is 384 g/mol. The molecule has 3 heteroatoms. The van der Waals surface area contributed by atoms with Crippen LogP contribution in [0.4, 0.5) is 0 Å². The minimum absolute atomic E-state index is 0.0331. The van der Waals surface area contributed by atoms with Gasteiger partial charge >= 0.3 is 0 Å². The lowest BCUT2D eigenvalue weighted by molar-refractivity contribution is 0.446. The summed E-state index contributed by atoms with van der Waals surface area (Å²) in [6.07, 6.45) is 0. The zero-order valence-corrected chi connectivity index (χ0v) is 20.2. The predicted octanol–water partition coefficient (Wildman–Crippen LogP) is 7.39. The molecule has 3 nitrogen and oxygen atoms in total. The maximum absolute atomic E-state index is 9.45. The lowest BCUT2D eigenvalue weighted by Crippen LogP contribution is -2.10.